The van der Waals surface area contributed by atoms with Crippen molar-refractivity contribution in [3.8, 4) is 11.4 Å². The molecule has 0 radical (unpaired) electrons. The third-order valence-electron chi connectivity index (χ3n) is 6.69. The molecule has 3 N–H and O–H groups in total. The van der Waals surface area contributed by atoms with E-state index in [1.807, 2.05) is 0 Å². The van der Waals surface area contributed by atoms with Gasteiger partial charge in [-0.05, 0) is 36.8 Å². The number of aromatic nitrogens is 2. The van der Waals surface area contributed by atoms with E-state index in [9.17, 15) is 9.59 Å². The summed E-state index contributed by atoms with van der Waals surface area (Å²) < 4.78 is 6.69. The van der Waals surface area contributed by atoms with E-state index in [2.05, 4.69) is 22.7 Å². The van der Waals surface area contributed by atoms with Gasteiger partial charge >= 0.3 is 0 Å². The summed E-state index contributed by atoms with van der Waals surface area (Å²) in [5.41, 5.74) is 1.11. The highest BCUT2D eigenvalue weighted by Gasteiger charge is 2.15. The number of carbonyl (C=O) groups is 1. The molecule has 0 unspecified atom stereocenters. The lowest BCUT2D eigenvalue weighted by atomic mass is 10.1. The van der Waals surface area contributed by atoms with Gasteiger partial charge in [-0.1, -0.05) is 106 Å². The molecule has 0 spiro atoms. The molecule has 2 aromatic carbocycles. The summed E-state index contributed by atoms with van der Waals surface area (Å²) >= 11 is 18.6. The van der Waals surface area contributed by atoms with E-state index in [-0.39, 0.29) is 21.5 Å². The van der Waals surface area contributed by atoms with Gasteiger partial charge in [0.15, 0.2) is 0 Å². The van der Waals surface area contributed by atoms with Crippen LogP contribution in [0.15, 0.2) is 41.2 Å². The van der Waals surface area contributed by atoms with Gasteiger partial charge in [0.1, 0.15) is 17.3 Å². The van der Waals surface area contributed by atoms with Crippen LogP contribution in [0.25, 0.3) is 5.69 Å². The number of nitrogens with one attached hydrogen (secondary N) is 3. The van der Waals surface area contributed by atoms with Crippen molar-refractivity contribution in [2.45, 2.75) is 84.0 Å². The topological polar surface area (TPSA) is 88.2 Å². The number of benzene rings is 2. The average Bonchev–Trinajstić information content (AvgIpc) is 3.26. The quantitative estimate of drug-likeness (QED) is 0.133. The van der Waals surface area contributed by atoms with E-state index in [0.29, 0.717) is 40.1 Å². The van der Waals surface area contributed by atoms with Crippen LogP contribution in [0.5, 0.6) is 5.75 Å². The minimum Gasteiger partial charge on any atom is -0.495 e. The molecule has 218 valence electrons. The Hall–Kier alpha value is -2.61. The Kier molecular flexibility index (Phi) is 13.2. The zero-order valence-corrected chi connectivity index (χ0v) is 25.5. The lowest BCUT2D eigenvalue weighted by Gasteiger charge is -2.13. The predicted molar refractivity (Wildman–Crippen MR) is 167 cm³/mol. The molecular weight excluding hydrogens is 571 g/mol. The Morgan fingerprint density at radius 2 is 1.48 bits per heavy atom. The first-order valence-electron chi connectivity index (χ1n) is 14.0. The molecule has 0 saturated heterocycles. The number of anilines is 3. The zero-order chi connectivity index (χ0) is 28.9. The lowest BCUT2D eigenvalue weighted by molar-refractivity contribution is -0.116. The van der Waals surface area contributed by atoms with Gasteiger partial charge in [0.05, 0.1) is 22.8 Å². The fourth-order valence-corrected chi connectivity index (χ4v) is 5.56. The monoisotopic (exact) mass is 608 g/mol. The number of rotatable bonds is 17. The first kappa shape index (κ1) is 31.9. The van der Waals surface area contributed by atoms with E-state index < -0.39 is 0 Å². The number of aromatic amines is 1. The van der Waals surface area contributed by atoms with Gasteiger partial charge in [-0.15, -0.1) is 0 Å². The number of carbonyl (C=O) groups excluding carboxylic acids is 1. The number of amides is 1. The van der Waals surface area contributed by atoms with E-state index in [1.54, 1.807) is 25.3 Å². The third-order valence-corrected chi connectivity index (χ3v) is 7.48. The van der Waals surface area contributed by atoms with Crippen molar-refractivity contribution >= 4 is 57.9 Å². The Morgan fingerprint density at radius 1 is 0.875 bits per heavy atom. The van der Waals surface area contributed by atoms with Crippen LogP contribution in [0.4, 0.5) is 17.2 Å². The summed E-state index contributed by atoms with van der Waals surface area (Å²) in [5.74, 6) is 0.896. The summed E-state index contributed by atoms with van der Waals surface area (Å²) in [7, 11) is 1.55. The molecule has 1 heterocycles. The minimum absolute atomic E-state index is 0.0291. The van der Waals surface area contributed by atoms with Crippen LogP contribution in [0.2, 0.25) is 15.1 Å². The summed E-state index contributed by atoms with van der Waals surface area (Å²) in [4.78, 5) is 25.2. The fourth-order valence-electron chi connectivity index (χ4n) is 4.58. The molecule has 3 aromatic rings. The predicted octanol–water partition coefficient (Wildman–Crippen LogP) is 9.52. The van der Waals surface area contributed by atoms with Gasteiger partial charge in [-0.3, -0.25) is 14.7 Å². The summed E-state index contributed by atoms with van der Waals surface area (Å²) in [6.45, 7) is 2.24. The molecule has 3 rings (SSSR count). The van der Waals surface area contributed by atoms with Crippen molar-refractivity contribution in [1.29, 1.82) is 0 Å². The number of hydrogen-bond acceptors (Lipinski definition) is 4. The van der Waals surface area contributed by atoms with E-state index in [0.717, 1.165) is 12.8 Å². The number of ether oxygens (including phenoxy) is 1. The second-order valence-electron chi connectivity index (χ2n) is 9.94. The van der Waals surface area contributed by atoms with Crippen LogP contribution >= 0.6 is 34.8 Å². The van der Waals surface area contributed by atoms with Gasteiger partial charge in [-0.25, -0.2) is 4.68 Å². The van der Waals surface area contributed by atoms with Crippen LogP contribution < -0.4 is 20.9 Å². The van der Waals surface area contributed by atoms with Crippen LogP contribution in [0, 0.1) is 0 Å². The standard InChI is InChI=1S/C30H39Cl3N4O3/c1-3-4-5-6-7-8-9-10-11-12-13-14-28(38)34-22-15-16-26(40-2)25(19-22)35-27-20-29(39)37(36-27)30-23(32)17-21(31)18-24(30)33/h15-20,35-36H,3-14H2,1-2H3,(H,34,38). The molecule has 0 aliphatic carbocycles. The second kappa shape index (κ2) is 16.6. The van der Waals surface area contributed by atoms with Gasteiger partial charge in [0.25, 0.3) is 5.56 Å². The largest absolute Gasteiger partial charge is 0.495 e. The molecule has 10 heteroatoms. The molecule has 0 atom stereocenters. The van der Waals surface area contributed by atoms with Crippen molar-refractivity contribution in [3.05, 3.63) is 61.8 Å². The lowest BCUT2D eigenvalue weighted by Crippen LogP contribution is -2.14. The third kappa shape index (κ3) is 9.79. The number of nitrogens with zero attached hydrogens (tertiary/aromatic N) is 1. The number of unbranched alkanes of at least 4 members (excludes halogenated alkanes) is 10. The van der Waals surface area contributed by atoms with Gasteiger partial charge < -0.3 is 15.4 Å². The van der Waals surface area contributed by atoms with Crippen LogP contribution in [0.1, 0.15) is 84.0 Å². The number of hydrogen-bond donors (Lipinski definition) is 3. The van der Waals surface area contributed by atoms with Gasteiger partial charge in [0, 0.05) is 23.2 Å². The summed E-state index contributed by atoms with van der Waals surface area (Å²) in [6, 6.07) is 9.69. The molecule has 0 aliphatic heterocycles. The maximum atomic E-state index is 12.7. The maximum absolute atomic E-state index is 12.7. The van der Waals surface area contributed by atoms with Crippen molar-refractivity contribution < 1.29 is 9.53 Å². The number of H-pyrrole nitrogens is 1. The second-order valence-corrected chi connectivity index (χ2v) is 11.2. The van der Waals surface area contributed by atoms with E-state index in [4.69, 9.17) is 39.5 Å². The molecule has 1 amide bonds. The van der Waals surface area contributed by atoms with Crippen LogP contribution in [-0.2, 0) is 4.79 Å². The normalized spacial score (nSPS) is 11.0. The minimum atomic E-state index is -0.371. The van der Waals surface area contributed by atoms with E-state index in [1.165, 1.54) is 80.7 Å². The molecule has 0 aliphatic rings. The Labute approximate surface area is 251 Å². The fraction of sp³-hybridized carbons (Fsp3) is 0.467. The average molecular weight is 610 g/mol. The molecular formula is C30H39Cl3N4O3. The Balaban J connectivity index is 1.52. The van der Waals surface area contributed by atoms with Crippen molar-refractivity contribution in [3.63, 3.8) is 0 Å². The highest BCUT2D eigenvalue weighted by atomic mass is 35.5. The Morgan fingerprint density at radius 3 is 2.08 bits per heavy atom. The molecule has 40 heavy (non-hydrogen) atoms. The summed E-state index contributed by atoms with van der Waals surface area (Å²) in [6.07, 6.45) is 14.1. The molecule has 0 bridgehead atoms. The first-order valence-corrected chi connectivity index (χ1v) is 15.2. The van der Waals surface area contributed by atoms with Crippen LogP contribution in [0.3, 0.4) is 0 Å². The van der Waals surface area contributed by atoms with Crippen molar-refractivity contribution in [1.82, 2.24) is 9.78 Å². The van der Waals surface area contributed by atoms with Crippen molar-refractivity contribution in [2.24, 2.45) is 0 Å². The highest BCUT2D eigenvalue weighted by molar-refractivity contribution is 6.40. The number of methoxy groups -OCH3 is 1. The molecule has 7 nitrogen and oxygen atoms in total. The molecule has 0 fully saturated rings. The zero-order valence-electron chi connectivity index (χ0n) is 23.3. The van der Waals surface area contributed by atoms with Crippen molar-refractivity contribution in [2.75, 3.05) is 17.7 Å². The molecule has 1 aromatic heterocycles. The summed E-state index contributed by atoms with van der Waals surface area (Å²) in [5, 5.41) is 9.89. The van der Waals surface area contributed by atoms with Gasteiger partial charge in [0.2, 0.25) is 5.91 Å². The highest BCUT2D eigenvalue weighted by Crippen LogP contribution is 2.33. The van der Waals surface area contributed by atoms with E-state index >= 15 is 0 Å². The number of halogens is 3. The van der Waals surface area contributed by atoms with Gasteiger partial charge in [-0.2, -0.15) is 0 Å². The first-order chi connectivity index (χ1) is 19.3. The van der Waals surface area contributed by atoms with Crippen LogP contribution in [-0.4, -0.2) is 22.8 Å². The maximum Gasteiger partial charge on any atom is 0.273 e. The Bertz CT molecular complexity index is 1280. The molecule has 0 saturated carbocycles. The SMILES string of the molecule is CCCCCCCCCCCCCC(=O)Nc1ccc(OC)c(Nc2cc(=O)n(-c3c(Cl)cc(Cl)cc3Cl)[nH]2)c1. The smallest absolute Gasteiger partial charge is 0.273 e.